The van der Waals surface area contributed by atoms with E-state index in [0.717, 1.165) is 29.2 Å². The number of amides is 1. The third kappa shape index (κ3) is 2.91. The molecule has 0 unspecified atom stereocenters. The highest BCUT2D eigenvalue weighted by molar-refractivity contribution is 7.88. The van der Waals surface area contributed by atoms with Crippen LogP contribution in [0.3, 0.4) is 0 Å². The molecule has 4 rings (SSSR count). The first-order valence-corrected chi connectivity index (χ1v) is 10.5. The van der Waals surface area contributed by atoms with Crippen molar-refractivity contribution in [2.45, 2.75) is 38.5 Å². The number of nitrogens with one attached hydrogen (secondary N) is 2. The molecule has 26 heavy (non-hydrogen) atoms. The Bertz CT molecular complexity index is 981. The zero-order chi connectivity index (χ0) is 18.6. The summed E-state index contributed by atoms with van der Waals surface area (Å²) in [7, 11) is -3.39. The van der Waals surface area contributed by atoms with Crippen molar-refractivity contribution in [3.8, 4) is 0 Å². The van der Waals surface area contributed by atoms with Gasteiger partial charge in [-0.2, -0.15) is 0 Å². The average Bonchev–Trinajstić information content (AvgIpc) is 3.12. The van der Waals surface area contributed by atoms with Crippen LogP contribution in [0.5, 0.6) is 0 Å². The van der Waals surface area contributed by atoms with E-state index >= 15 is 0 Å². The van der Waals surface area contributed by atoms with Gasteiger partial charge in [0, 0.05) is 23.5 Å². The summed E-state index contributed by atoms with van der Waals surface area (Å²) in [6.45, 7) is 4.42. The molecular weight excluding hydrogens is 356 g/mol. The summed E-state index contributed by atoms with van der Waals surface area (Å²) in [6.07, 6.45) is 1.73. The molecule has 1 saturated heterocycles. The second kappa shape index (κ2) is 6.07. The summed E-state index contributed by atoms with van der Waals surface area (Å²) in [4.78, 5) is 12.8. The zero-order valence-electron chi connectivity index (χ0n) is 14.9. The second-order valence-corrected chi connectivity index (χ2v) is 9.04. The number of benzene rings is 1. The highest BCUT2D eigenvalue weighted by Gasteiger charge is 2.55. The zero-order valence-corrected chi connectivity index (χ0v) is 15.7. The standard InChI is InChI=1S/C18H22N2O5S/c1-9-4-5-13-12(8-9)10(2)16(25-13)18(21)19-14-11-6-7-24-17(11)15(14)20-26(3,22)23/h4-5,8,11,14-15,17,20H,6-7H2,1-3H3,(H,19,21)/t11-,14+,15-,17-/m1/s1. The maximum absolute atomic E-state index is 12.8. The van der Waals surface area contributed by atoms with Crippen molar-refractivity contribution >= 4 is 26.9 Å². The van der Waals surface area contributed by atoms with Crippen LogP contribution in [0, 0.1) is 19.8 Å². The van der Waals surface area contributed by atoms with Crippen molar-refractivity contribution in [3.63, 3.8) is 0 Å². The second-order valence-electron chi connectivity index (χ2n) is 7.26. The lowest BCUT2D eigenvalue weighted by molar-refractivity contribution is -0.0196. The molecule has 4 atom stereocenters. The van der Waals surface area contributed by atoms with Crippen molar-refractivity contribution in [1.29, 1.82) is 0 Å². The Morgan fingerprint density at radius 3 is 2.73 bits per heavy atom. The first-order chi connectivity index (χ1) is 12.2. The maximum Gasteiger partial charge on any atom is 0.287 e. The first-order valence-electron chi connectivity index (χ1n) is 8.64. The van der Waals surface area contributed by atoms with E-state index < -0.39 is 16.1 Å². The first kappa shape index (κ1) is 17.5. The predicted molar refractivity (Wildman–Crippen MR) is 96.6 cm³/mol. The van der Waals surface area contributed by atoms with Gasteiger partial charge in [0.05, 0.1) is 24.4 Å². The fourth-order valence-corrected chi connectivity index (χ4v) is 4.83. The molecule has 1 amide bonds. The van der Waals surface area contributed by atoms with Gasteiger partial charge < -0.3 is 14.5 Å². The number of hydrogen-bond donors (Lipinski definition) is 2. The smallest absolute Gasteiger partial charge is 0.287 e. The van der Waals surface area contributed by atoms with Crippen LogP contribution in [-0.4, -0.2) is 45.4 Å². The Labute approximate surface area is 152 Å². The number of fused-ring (bicyclic) bond motifs is 2. The highest BCUT2D eigenvalue weighted by Crippen LogP contribution is 2.39. The summed E-state index contributed by atoms with van der Waals surface area (Å²) in [5.74, 6) is 0.0585. The molecule has 2 heterocycles. The predicted octanol–water partition coefficient (Wildman–Crippen LogP) is 1.48. The molecule has 1 aromatic carbocycles. The monoisotopic (exact) mass is 378 g/mol. The van der Waals surface area contributed by atoms with Gasteiger partial charge in [-0.1, -0.05) is 11.6 Å². The van der Waals surface area contributed by atoms with Crippen molar-refractivity contribution in [2.24, 2.45) is 5.92 Å². The van der Waals surface area contributed by atoms with E-state index in [1.54, 1.807) is 0 Å². The summed E-state index contributed by atoms with van der Waals surface area (Å²) < 4.78 is 37.2. The lowest BCUT2D eigenvalue weighted by atomic mass is 9.72. The minimum Gasteiger partial charge on any atom is -0.451 e. The molecule has 2 aliphatic rings. The number of carbonyl (C=O) groups excluding carboxylic acids is 1. The number of furan rings is 1. The maximum atomic E-state index is 12.8. The van der Waals surface area contributed by atoms with Crippen molar-refractivity contribution in [1.82, 2.24) is 10.0 Å². The molecule has 2 fully saturated rings. The van der Waals surface area contributed by atoms with E-state index in [1.165, 1.54) is 0 Å². The molecule has 1 aromatic heterocycles. The molecule has 0 bridgehead atoms. The largest absolute Gasteiger partial charge is 0.451 e. The Balaban J connectivity index is 1.58. The van der Waals surface area contributed by atoms with Crippen LogP contribution in [0.1, 0.15) is 28.1 Å². The third-order valence-corrected chi connectivity index (χ3v) is 6.03. The molecule has 1 aliphatic carbocycles. The Morgan fingerprint density at radius 2 is 2.00 bits per heavy atom. The average molecular weight is 378 g/mol. The van der Waals surface area contributed by atoms with Crippen LogP contribution in [-0.2, 0) is 14.8 Å². The number of sulfonamides is 1. The fourth-order valence-electron chi connectivity index (χ4n) is 4.06. The summed E-state index contributed by atoms with van der Waals surface area (Å²) in [6, 6.07) is 5.02. The summed E-state index contributed by atoms with van der Waals surface area (Å²) >= 11 is 0. The van der Waals surface area contributed by atoms with Crippen molar-refractivity contribution in [2.75, 3.05) is 12.9 Å². The normalized spacial score (nSPS) is 28.0. The van der Waals surface area contributed by atoms with Crippen LogP contribution in [0.4, 0.5) is 0 Å². The lowest BCUT2D eigenvalue weighted by Gasteiger charge is -2.47. The Hall–Kier alpha value is -1.90. The van der Waals surface area contributed by atoms with Gasteiger partial charge in [-0.15, -0.1) is 0 Å². The van der Waals surface area contributed by atoms with Crippen LogP contribution >= 0.6 is 0 Å². The van der Waals surface area contributed by atoms with Gasteiger partial charge in [-0.25, -0.2) is 13.1 Å². The van der Waals surface area contributed by atoms with E-state index in [2.05, 4.69) is 10.0 Å². The fraction of sp³-hybridized carbons (Fsp3) is 0.500. The van der Waals surface area contributed by atoms with Crippen molar-refractivity contribution in [3.05, 3.63) is 35.1 Å². The van der Waals surface area contributed by atoms with Crippen LogP contribution in [0.15, 0.2) is 22.6 Å². The SMILES string of the molecule is Cc1ccc2oc(C(=O)N[C@H]3[C@H]4CCO[C@H]4[C@@H]3NS(C)(=O)=O)c(C)c2c1. The van der Waals surface area contributed by atoms with E-state index in [0.29, 0.717) is 12.2 Å². The topological polar surface area (TPSA) is 97.6 Å². The van der Waals surface area contributed by atoms with E-state index in [1.807, 2.05) is 32.0 Å². The molecule has 1 saturated carbocycles. The van der Waals surface area contributed by atoms with Crippen LogP contribution < -0.4 is 10.0 Å². The molecule has 2 N–H and O–H groups in total. The van der Waals surface area contributed by atoms with Gasteiger partial charge in [0.15, 0.2) is 5.76 Å². The molecule has 140 valence electrons. The molecule has 0 spiro atoms. The number of hydrogen-bond acceptors (Lipinski definition) is 5. The van der Waals surface area contributed by atoms with E-state index in [-0.39, 0.29) is 29.7 Å². The quantitative estimate of drug-likeness (QED) is 0.840. The number of ether oxygens (including phenoxy) is 1. The molecule has 8 heteroatoms. The van der Waals surface area contributed by atoms with Gasteiger partial charge in [0.25, 0.3) is 5.91 Å². The molecule has 2 aromatic rings. The van der Waals surface area contributed by atoms with E-state index in [4.69, 9.17) is 9.15 Å². The van der Waals surface area contributed by atoms with Crippen LogP contribution in [0.25, 0.3) is 11.0 Å². The van der Waals surface area contributed by atoms with Gasteiger partial charge in [0.2, 0.25) is 10.0 Å². The minimum absolute atomic E-state index is 0.116. The van der Waals surface area contributed by atoms with E-state index in [9.17, 15) is 13.2 Å². The van der Waals surface area contributed by atoms with Gasteiger partial charge in [-0.3, -0.25) is 4.79 Å². The van der Waals surface area contributed by atoms with Gasteiger partial charge in [-0.05, 0) is 32.4 Å². The number of rotatable bonds is 4. The summed E-state index contributed by atoms with van der Waals surface area (Å²) in [5.41, 5.74) is 2.54. The number of aryl methyl sites for hydroxylation is 2. The van der Waals surface area contributed by atoms with Gasteiger partial charge in [0.1, 0.15) is 5.58 Å². The third-order valence-electron chi connectivity index (χ3n) is 5.33. The van der Waals surface area contributed by atoms with Crippen LogP contribution in [0.2, 0.25) is 0 Å². The molecular formula is C18H22N2O5S. The van der Waals surface area contributed by atoms with Gasteiger partial charge >= 0.3 is 0 Å². The Kier molecular flexibility index (Phi) is 4.09. The highest BCUT2D eigenvalue weighted by atomic mass is 32.2. The molecule has 0 radical (unpaired) electrons. The Morgan fingerprint density at radius 1 is 1.23 bits per heavy atom. The molecule has 7 nitrogen and oxygen atoms in total. The summed E-state index contributed by atoms with van der Waals surface area (Å²) in [5, 5.41) is 3.87. The lowest BCUT2D eigenvalue weighted by Crippen LogP contribution is -2.70. The molecule has 1 aliphatic heterocycles. The number of carbonyl (C=O) groups is 1. The van der Waals surface area contributed by atoms with Crippen molar-refractivity contribution < 1.29 is 22.4 Å². The minimum atomic E-state index is -3.39.